The van der Waals surface area contributed by atoms with E-state index in [0.717, 1.165) is 45.0 Å². The zero-order valence-corrected chi connectivity index (χ0v) is 23.9. The Labute approximate surface area is 256 Å². The van der Waals surface area contributed by atoms with Gasteiger partial charge in [-0.15, -0.1) is 0 Å². The van der Waals surface area contributed by atoms with Gasteiger partial charge in [-0.3, -0.25) is 9.97 Å². The van der Waals surface area contributed by atoms with Crippen LogP contribution in [0.2, 0.25) is 0 Å². The Bertz CT molecular complexity index is 2220. The van der Waals surface area contributed by atoms with Crippen LogP contribution < -0.4 is 0 Å². The van der Waals surface area contributed by atoms with Gasteiger partial charge < -0.3 is 0 Å². The molecule has 3 heteroatoms. The van der Waals surface area contributed by atoms with Gasteiger partial charge in [0.15, 0.2) is 0 Å². The Morgan fingerprint density at radius 2 is 0.864 bits per heavy atom. The highest BCUT2D eigenvalue weighted by Gasteiger charge is 2.15. The molecule has 0 saturated carbocycles. The van der Waals surface area contributed by atoms with Crippen LogP contribution in [0.4, 0.5) is 0 Å². The van der Waals surface area contributed by atoms with E-state index in [4.69, 9.17) is 4.98 Å². The molecule has 0 unspecified atom stereocenters. The molecule has 0 bridgehead atoms. The summed E-state index contributed by atoms with van der Waals surface area (Å²) in [6.07, 6.45) is 3.61. The second-order valence-electron chi connectivity index (χ2n) is 10.9. The van der Waals surface area contributed by atoms with E-state index in [1.54, 1.807) is 12.4 Å². The number of rotatable bonds is 5. The summed E-state index contributed by atoms with van der Waals surface area (Å²) in [5.74, 6) is 0. The van der Waals surface area contributed by atoms with E-state index in [9.17, 15) is 0 Å². The van der Waals surface area contributed by atoms with Crippen LogP contribution in [0.5, 0.6) is 0 Å². The van der Waals surface area contributed by atoms with E-state index in [1.165, 1.54) is 32.7 Å². The van der Waals surface area contributed by atoms with Crippen molar-refractivity contribution in [3.8, 4) is 56.2 Å². The molecule has 0 aliphatic heterocycles. The minimum Gasteiger partial charge on any atom is -0.255 e. The molecule has 8 rings (SSSR count). The smallest absolute Gasteiger partial charge is 0.0900 e. The quantitative estimate of drug-likeness (QED) is 0.196. The summed E-state index contributed by atoms with van der Waals surface area (Å²) in [4.78, 5) is 14.2. The first-order chi connectivity index (χ1) is 21.8. The normalized spacial score (nSPS) is 11.2. The SMILES string of the molecule is c1ccc(-c2cc(-c3ccccc3-c3cccc(-c4cc5ccccc5c5ccccc45)c3)cc(-c3ccccn3)n2)nc1. The standard InChI is InChI=1S/C41H27N3/c1-2-16-33-30(12-1)25-37(36-19-6-5-18-35(33)36)29-14-11-13-28(24-29)32-15-3-4-17-34(32)31-26-40(38-20-7-9-22-42-38)44-41(27-31)39-21-8-10-23-43-39/h1-27H. The lowest BCUT2D eigenvalue weighted by molar-refractivity contribution is 1.22. The van der Waals surface area contributed by atoms with Crippen molar-refractivity contribution in [1.29, 1.82) is 0 Å². The summed E-state index contributed by atoms with van der Waals surface area (Å²) >= 11 is 0. The molecule has 0 N–H and O–H groups in total. The van der Waals surface area contributed by atoms with Crippen molar-refractivity contribution in [2.45, 2.75) is 0 Å². The molecular formula is C41H27N3. The van der Waals surface area contributed by atoms with Gasteiger partial charge in [-0.05, 0) is 103 Å². The maximum absolute atomic E-state index is 4.98. The van der Waals surface area contributed by atoms with E-state index < -0.39 is 0 Å². The lowest BCUT2D eigenvalue weighted by atomic mass is 9.90. The van der Waals surface area contributed by atoms with Gasteiger partial charge >= 0.3 is 0 Å². The Morgan fingerprint density at radius 1 is 0.318 bits per heavy atom. The third-order valence-electron chi connectivity index (χ3n) is 8.17. The molecule has 0 spiro atoms. The highest BCUT2D eigenvalue weighted by molar-refractivity contribution is 6.13. The molecule has 0 radical (unpaired) electrons. The number of hydrogen-bond acceptors (Lipinski definition) is 3. The second-order valence-corrected chi connectivity index (χ2v) is 10.9. The molecule has 0 atom stereocenters. The number of pyridine rings is 3. The Balaban J connectivity index is 1.30. The fourth-order valence-electron chi connectivity index (χ4n) is 6.11. The fraction of sp³-hybridized carbons (Fsp3) is 0. The van der Waals surface area contributed by atoms with Gasteiger partial charge in [-0.1, -0.05) is 103 Å². The second kappa shape index (κ2) is 11.0. The average Bonchev–Trinajstić information content (AvgIpc) is 3.12. The Kier molecular flexibility index (Phi) is 6.47. The van der Waals surface area contributed by atoms with Crippen molar-refractivity contribution < 1.29 is 0 Å². The van der Waals surface area contributed by atoms with Gasteiger partial charge in [0, 0.05) is 12.4 Å². The maximum Gasteiger partial charge on any atom is 0.0900 e. The summed E-state index contributed by atoms with van der Waals surface area (Å²) in [6.45, 7) is 0. The summed E-state index contributed by atoms with van der Waals surface area (Å²) < 4.78 is 0. The molecule has 0 saturated heterocycles. The lowest BCUT2D eigenvalue weighted by Crippen LogP contribution is -1.95. The third kappa shape index (κ3) is 4.71. The van der Waals surface area contributed by atoms with E-state index in [2.05, 4.69) is 125 Å². The van der Waals surface area contributed by atoms with Crippen LogP contribution >= 0.6 is 0 Å². The molecule has 3 heterocycles. The molecule has 3 nitrogen and oxygen atoms in total. The van der Waals surface area contributed by atoms with E-state index >= 15 is 0 Å². The van der Waals surface area contributed by atoms with Gasteiger partial charge in [0.1, 0.15) is 0 Å². The third-order valence-corrected chi connectivity index (χ3v) is 8.17. The summed E-state index contributed by atoms with van der Waals surface area (Å²) in [6, 6.07) is 53.3. The molecule has 5 aromatic carbocycles. The minimum absolute atomic E-state index is 0.815. The van der Waals surface area contributed by atoms with Crippen molar-refractivity contribution in [1.82, 2.24) is 15.0 Å². The molecule has 0 fully saturated rings. The minimum atomic E-state index is 0.815. The van der Waals surface area contributed by atoms with Crippen molar-refractivity contribution in [2.75, 3.05) is 0 Å². The Morgan fingerprint density at radius 3 is 1.52 bits per heavy atom. The van der Waals surface area contributed by atoms with Crippen LogP contribution in [0.1, 0.15) is 0 Å². The molecular weight excluding hydrogens is 534 g/mol. The van der Waals surface area contributed by atoms with Crippen molar-refractivity contribution in [2.24, 2.45) is 0 Å². The molecule has 0 amide bonds. The van der Waals surface area contributed by atoms with Crippen LogP contribution in [-0.2, 0) is 0 Å². The summed E-state index contributed by atoms with van der Waals surface area (Å²) in [5, 5.41) is 5.05. The zero-order chi connectivity index (χ0) is 29.3. The van der Waals surface area contributed by atoms with Crippen molar-refractivity contribution >= 4 is 21.5 Å². The first kappa shape index (κ1) is 25.8. The molecule has 3 aromatic heterocycles. The number of nitrogens with zero attached hydrogens (tertiary/aromatic N) is 3. The van der Waals surface area contributed by atoms with Crippen LogP contribution in [0, 0.1) is 0 Å². The number of fused-ring (bicyclic) bond motifs is 3. The van der Waals surface area contributed by atoms with Gasteiger partial charge in [0.05, 0.1) is 22.8 Å². The van der Waals surface area contributed by atoms with Gasteiger partial charge in [-0.25, -0.2) is 4.98 Å². The first-order valence-electron chi connectivity index (χ1n) is 14.8. The molecule has 44 heavy (non-hydrogen) atoms. The monoisotopic (exact) mass is 561 g/mol. The van der Waals surface area contributed by atoms with Crippen molar-refractivity contribution in [3.63, 3.8) is 0 Å². The topological polar surface area (TPSA) is 38.7 Å². The molecule has 0 aliphatic carbocycles. The van der Waals surface area contributed by atoms with Crippen LogP contribution in [0.25, 0.3) is 77.7 Å². The number of hydrogen-bond donors (Lipinski definition) is 0. The van der Waals surface area contributed by atoms with E-state index in [-0.39, 0.29) is 0 Å². The number of benzene rings is 5. The van der Waals surface area contributed by atoms with Crippen molar-refractivity contribution in [3.05, 3.63) is 164 Å². The lowest BCUT2D eigenvalue weighted by Gasteiger charge is -2.15. The van der Waals surface area contributed by atoms with Gasteiger partial charge in [0.2, 0.25) is 0 Å². The van der Waals surface area contributed by atoms with Gasteiger partial charge in [-0.2, -0.15) is 0 Å². The highest BCUT2D eigenvalue weighted by atomic mass is 14.8. The molecule has 8 aromatic rings. The van der Waals surface area contributed by atoms with E-state index in [1.807, 2.05) is 36.4 Å². The summed E-state index contributed by atoms with van der Waals surface area (Å²) in [5.41, 5.74) is 10.2. The maximum atomic E-state index is 4.98. The van der Waals surface area contributed by atoms with Crippen LogP contribution in [-0.4, -0.2) is 15.0 Å². The first-order valence-corrected chi connectivity index (χ1v) is 14.8. The molecule has 206 valence electrons. The van der Waals surface area contributed by atoms with Crippen LogP contribution in [0.3, 0.4) is 0 Å². The fourth-order valence-corrected chi connectivity index (χ4v) is 6.11. The number of aromatic nitrogens is 3. The predicted octanol–water partition coefficient (Wildman–Crippen LogP) is 10.5. The summed E-state index contributed by atoms with van der Waals surface area (Å²) in [7, 11) is 0. The van der Waals surface area contributed by atoms with Crippen LogP contribution in [0.15, 0.2) is 164 Å². The average molecular weight is 562 g/mol. The zero-order valence-electron chi connectivity index (χ0n) is 23.9. The highest BCUT2D eigenvalue weighted by Crippen LogP contribution is 2.39. The largest absolute Gasteiger partial charge is 0.255 e. The van der Waals surface area contributed by atoms with Gasteiger partial charge in [0.25, 0.3) is 0 Å². The predicted molar refractivity (Wildman–Crippen MR) is 182 cm³/mol. The van der Waals surface area contributed by atoms with E-state index in [0.29, 0.717) is 0 Å². The Hall–Kier alpha value is -5.93. The molecule has 0 aliphatic rings.